The maximum Gasteiger partial charge on any atom is 0.292 e. The minimum Gasteiger partial charge on any atom is -0.461 e. The summed E-state index contributed by atoms with van der Waals surface area (Å²) in [6, 6.07) is 0. The lowest BCUT2D eigenvalue weighted by Crippen LogP contribution is -1.88. The molecule has 0 aliphatic heterocycles. The fraction of sp³-hybridized carbons (Fsp3) is 0.200. The minimum atomic E-state index is 0.0894. The third kappa shape index (κ3) is 3.56. The molecule has 46 valence electrons. The zero-order valence-electron chi connectivity index (χ0n) is 4.39. The van der Waals surface area contributed by atoms with Gasteiger partial charge >= 0.3 is 0 Å². The first kappa shape index (κ1) is 7.37. The van der Waals surface area contributed by atoms with Crippen LogP contribution >= 0.6 is 11.9 Å². The average molecular weight is 135 g/mol. The summed E-state index contributed by atoms with van der Waals surface area (Å²) in [5, 5.41) is 0. The molecule has 0 rings (SSSR count). The van der Waals surface area contributed by atoms with Crippen molar-refractivity contribution in [2.24, 2.45) is 0 Å². The van der Waals surface area contributed by atoms with Crippen LogP contribution in [0.15, 0.2) is 25.2 Å². The van der Waals surface area contributed by atoms with Crippen molar-refractivity contribution in [3.63, 3.8) is 0 Å². The summed E-state index contributed by atoms with van der Waals surface area (Å²) in [4.78, 5) is 0. The molecule has 8 heavy (non-hydrogen) atoms. The molecule has 2 nitrogen and oxygen atoms in total. The van der Waals surface area contributed by atoms with Gasteiger partial charge in [0, 0.05) is 0 Å². The Bertz CT molecular complexity index is 90.4. The van der Waals surface area contributed by atoms with Gasteiger partial charge < -0.3 is 9.03 Å². The zero-order chi connectivity index (χ0) is 6.41. The molecule has 0 aromatic carbocycles. The van der Waals surface area contributed by atoms with Crippen molar-refractivity contribution in [1.29, 1.82) is 0 Å². The topological polar surface area (TPSA) is 18.5 Å². The van der Waals surface area contributed by atoms with Crippen LogP contribution in [0.4, 0.5) is 0 Å². The molecular weight excluding hydrogens is 128 g/mol. The molecule has 0 fully saturated rings. The molecule has 0 unspecified atom stereocenters. The van der Waals surface area contributed by atoms with Crippen molar-refractivity contribution in [2.45, 2.75) is 0 Å². The summed E-state index contributed by atoms with van der Waals surface area (Å²) in [6.45, 7) is 7.06. The summed E-state index contributed by atoms with van der Waals surface area (Å²) < 4.78 is 8.73. The van der Waals surface area contributed by atoms with Crippen molar-refractivity contribution in [3.05, 3.63) is 25.2 Å². The third-order valence-corrected chi connectivity index (χ3v) is 0.620. The Balaban J connectivity index is 3.11. The van der Waals surface area contributed by atoms with E-state index in [2.05, 4.69) is 22.2 Å². The molecule has 0 atom stereocenters. The molecule has 0 radical (unpaired) electrons. The van der Waals surface area contributed by atoms with Gasteiger partial charge in [0.05, 0.1) is 0 Å². The predicted octanol–water partition coefficient (Wildman–Crippen LogP) is 1.83. The second-order valence-corrected chi connectivity index (χ2v) is 1.20. The highest BCUT2D eigenvalue weighted by Gasteiger charge is 1.86. The second-order valence-electron chi connectivity index (χ2n) is 1.05. The van der Waals surface area contributed by atoms with Crippen LogP contribution in [0.5, 0.6) is 0 Å². The molecule has 3 heteroatoms. The Hall–Kier alpha value is -0.630. The van der Waals surface area contributed by atoms with Crippen LogP contribution < -0.4 is 0 Å². The van der Waals surface area contributed by atoms with Crippen molar-refractivity contribution >= 4 is 11.9 Å². The molecule has 0 saturated heterocycles. The molecule has 0 heterocycles. The Morgan fingerprint density at radius 2 is 2.38 bits per heavy atom. The number of hydrogen-bond acceptors (Lipinski definition) is 2. The molecule has 0 N–H and O–H groups in total. The Morgan fingerprint density at radius 1 is 1.75 bits per heavy atom. The molecule has 0 aliphatic carbocycles. The van der Waals surface area contributed by atoms with Crippen LogP contribution in [0.3, 0.4) is 0 Å². The second kappa shape index (κ2) is 4.53. The van der Waals surface area contributed by atoms with E-state index in [1.807, 2.05) is 0 Å². The average Bonchev–Trinajstić information content (AvgIpc) is 1.83. The molecule has 0 aromatic heterocycles. The largest absolute Gasteiger partial charge is 0.461 e. The molecule has 0 amide bonds. The first-order valence-corrected chi connectivity index (χ1v) is 2.33. The van der Waals surface area contributed by atoms with Gasteiger partial charge in [-0.1, -0.05) is 12.7 Å². The Kier molecular flexibility index (Phi) is 4.17. The smallest absolute Gasteiger partial charge is 0.292 e. The van der Waals surface area contributed by atoms with Gasteiger partial charge in [-0.25, -0.2) is 0 Å². The van der Waals surface area contributed by atoms with E-state index in [9.17, 15) is 0 Å². The van der Waals surface area contributed by atoms with Crippen molar-refractivity contribution in [2.75, 3.05) is 6.61 Å². The van der Waals surface area contributed by atoms with Crippen molar-refractivity contribution < 1.29 is 9.03 Å². The van der Waals surface area contributed by atoms with Gasteiger partial charge in [0.2, 0.25) is 0 Å². The van der Waals surface area contributed by atoms with Gasteiger partial charge in [-0.3, -0.25) is 0 Å². The number of ether oxygens (including phenoxy) is 1. The lowest BCUT2D eigenvalue weighted by molar-refractivity contribution is 0.137. The first-order valence-electron chi connectivity index (χ1n) is 2.02. The molecule has 0 aromatic rings. The van der Waals surface area contributed by atoms with Gasteiger partial charge in [-0.05, 0) is 6.58 Å². The lowest BCUT2D eigenvalue weighted by atomic mass is 10.7. The SMILES string of the molecule is C=CCOC(=C)OCl. The van der Waals surface area contributed by atoms with Gasteiger partial charge in [-0.15, -0.1) is 0 Å². The first-order chi connectivity index (χ1) is 3.81. The summed E-state index contributed by atoms with van der Waals surface area (Å²) in [5.74, 6) is 0.0894. The molecule has 0 spiro atoms. The fourth-order valence-electron chi connectivity index (χ4n) is 0.174. The number of rotatable bonds is 4. The standard InChI is InChI=1S/C5H7ClO2/c1-3-4-7-5(2)8-6/h3H,1-2,4H2. The van der Waals surface area contributed by atoms with Crippen molar-refractivity contribution in [3.8, 4) is 0 Å². The van der Waals surface area contributed by atoms with Gasteiger partial charge in [0.1, 0.15) is 18.5 Å². The minimum absolute atomic E-state index is 0.0894. The van der Waals surface area contributed by atoms with Crippen LogP contribution in [0.1, 0.15) is 0 Å². The van der Waals surface area contributed by atoms with E-state index in [0.29, 0.717) is 6.61 Å². The molecule has 0 aliphatic rings. The van der Waals surface area contributed by atoms with E-state index in [1.54, 1.807) is 6.08 Å². The quantitative estimate of drug-likeness (QED) is 0.432. The maximum atomic E-state index is 4.83. The van der Waals surface area contributed by atoms with Crippen LogP contribution in [0, 0.1) is 0 Å². The normalized spacial score (nSPS) is 7.62. The van der Waals surface area contributed by atoms with Crippen molar-refractivity contribution in [1.82, 2.24) is 0 Å². The maximum absolute atomic E-state index is 4.83. The monoisotopic (exact) mass is 134 g/mol. The highest BCUT2D eigenvalue weighted by molar-refractivity contribution is 6.07. The van der Waals surface area contributed by atoms with E-state index in [-0.39, 0.29) is 5.95 Å². The van der Waals surface area contributed by atoms with E-state index in [1.165, 1.54) is 0 Å². The van der Waals surface area contributed by atoms with Crippen LogP contribution in [-0.4, -0.2) is 6.61 Å². The predicted molar refractivity (Wildman–Crippen MR) is 32.2 cm³/mol. The van der Waals surface area contributed by atoms with Gasteiger partial charge in [-0.2, -0.15) is 0 Å². The Labute approximate surface area is 53.5 Å². The zero-order valence-corrected chi connectivity index (χ0v) is 5.15. The summed E-state index contributed by atoms with van der Waals surface area (Å²) in [7, 11) is 0. The highest BCUT2D eigenvalue weighted by Crippen LogP contribution is 1.97. The van der Waals surface area contributed by atoms with E-state index >= 15 is 0 Å². The highest BCUT2D eigenvalue weighted by atomic mass is 35.5. The van der Waals surface area contributed by atoms with E-state index in [4.69, 9.17) is 11.9 Å². The Morgan fingerprint density at radius 3 is 2.75 bits per heavy atom. The number of halogens is 1. The van der Waals surface area contributed by atoms with Gasteiger partial charge in [0.25, 0.3) is 5.95 Å². The summed E-state index contributed by atoms with van der Waals surface area (Å²) in [6.07, 6.45) is 1.57. The molecule has 0 bridgehead atoms. The third-order valence-electron chi connectivity index (χ3n) is 0.448. The molecular formula is C5H7ClO2. The molecule has 0 saturated carbocycles. The summed E-state index contributed by atoms with van der Waals surface area (Å²) in [5.41, 5.74) is 0. The summed E-state index contributed by atoms with van der Waals surface area (Å²) >= 11 is 4.83. The number of hydrogen-bond donors (Lipinski definition) is 0. The van der Waals surface area contributed by atoms with Crippen LogP contribution in [0.2, 0.25) is 0 Å². The lowest BCUT2D eigenvalue weighted by Gasteiger charge is -1.99. The van der Waals surface area contributed by atoms with Crippen LogP contribution in [0.25, 0.3) is 0 Å². The van der Waals surface area contributed by atoms with E-state index < -0.39 is 0 Å². The van der Waals surface area contributed by atoms with Gasteiger partial charge in [0.15, 0.2) is 0 Å². The van der Waals surface area contributed by atoms with E-state index in [0.717, 1.165) is 0 Å². The fourth-order valence-corrected chi connectivity index (χ4v) is 0.219. The van der Waals surface area contributed by atoms with Crippen LogP contribution in [-0.2, 0) is 9.03 Å².